The molecule has 9 aromatic rings. The molecule has 0 radical (unpaired) electrons. The number of nitro groups is 5. The molecule has 9 rings (SSSR count). The van der Waals surface area contributed by atoms with E-state index in [0.717, 1.165) is 5.56 Å². The lowest BCUT2D eigenvalue weighted by atomic mass is 10.2. The minimum atomic E-state index is -3.85. The van der Waals surface area contributed by atoms with E-state index in [0.29, 0.717) is 23.6 Å². The summed E-state index contributed by atoms with van der Waals surface area (Å²) in [4.78, 5) is 69.4. The molecule has 0 aliphatic carbocycles. The smallest absolute Gasteiger partial charge is 0.394 e. The summed E-state index contributed by atoms with van der Waals surface area (Å²) < 4.78 is 50.8. The maximum atomic E-state index is 12.1. The van der Waals surface area contributed by atoms with E-state index in [-0.39, 0.29) is 87.1 Å². The largest absolute Gasteiger partial charge is 0.435 e. The Balaban J connectivity index is 0.000000194. The zero-order valence-corrected chi connectivity index (χ0v) is 42.1. The number of benzene rings is 1. The first kappa shape index (κ1) is 59.9. The molecule has 0 aliphatic heterocycles. The fourth-order valence-electron chi connectivity index (χ4n) is 6.13. The minimum Gasteiger partial charge on any atom is -0.394 e. The van der Waals surface area contributed by atoms with Crippen LogP contribution in [0.1, 0.15) is 22.6 Å². The van der Waals surface area contributed by atoms with Crippen molar-refractivity contribution in [1.82, 2.24) is 93.2 Å². The van der Waals surface area contributed by atoms with Gasteiger partial charge < -0.3 is 55.7 Å². The molecule has 0 saturated heterocycles. The third-order valence-corrected chi connectivity index (χ3v) is 10.9. The lowest BCUT2D eigenvalue weighted by Gasteiger charge is -2.05. The highest BCUT2D eigenvalue weighted by Gasteiger charge is 2.19. The van der Waals surface area contributed by atoms with Crippen LogP contribution in [-0.2, 0) is 60.1 Å². The van der Waals surface area contributed by atoms with Crippen molar-refractivity contribution in [2.75, 3.05) is 19.9 Å². The normalized spacial score (nSPS) is 10.6. The first-order valence-corrected chi connectivity index (χ1v) is 23.7. The van der Waals surface area contributed by atoms with Crippen LogP contribution in [0.4, 0.5) is 34.1 Å². The fourth-order valence-corrected chi connectivity index (χ4v) is 7.03. The molecule has 0 unspecified atom stereocenters. The number of aliphatic hydroxyl groups is 1. The van der Waals surface area contributed by atoms with Gasteiger partial charge in [-0.25, -0.2) is 41.7 Å². The molecule has 8 heterocycles. The van der Waals surface area contributed by atoms with E-state index in [2.05, 4.69) is 66.8 Å². The molecular weight excluding hydrogens is 1090 g/mol. The Labute approximate surface area is 446 Å². The fraction of sp³-hybridized carbons (Fsp3) is 0.275. The molecule has 0 bridgehead atoms. The van der Waals surface area contributed by atoms with Crippen LogP contribution in [0.3, 0.4) is 0 Å². The van der Waals surface area contributed by atoms with Gasteiger partial charge >= 0.3 is 29.7 Å². The first-order valence-electron chi connectivity index (χ1n) is 22.3. The van der Waals surface area contributed by atoms with Crippen molar-refractivity contribution in [3.8, 4) is 12.3 Å². The summed E-state index contributed by atoms with van der Waals surface area (Å²) in [5.74, 6) is 1.06. The van der Waals surface area contributed by atoms with E-state index < -0.39 is 41.4 Å². The van der Waals surface area contributed by atoms with Gasteiger partial charge in [0.1, 0.15) is 106 Å². The van der Waals surface area contributed by atoms with E-state index in [1.54, 1.807) is 30.7 Å². The molecular formula is C40H43FN24O14S. The summed E-state index contributed by atoms with van der Waals surface area (Å²) >= 11 is 0. The number of terminal acetylenes is 1. The average molecular weight is 1140 g/mol. The van der Waals surface area contributed by atoms with Gasteiger partial charge in [-0.3, -0.25) is 4.18 Å². The van der Waals surface area contributed by atoms with Crippen LogP contribution >= 0.6 is 0 Å². The van der Waals surface area contributed by atoms with Gasteiger partial charge in [-0.2, -0.15) is 8.42 Å². The molecule has 40 heteroatoms. The number of nitrogens with zero attached hydrogens (tertiary/aromatic N) is 23. The van der Waals surface area contributed by atoms with Gasteiger partial charge in [-0.05, 0) is 43.7 Å². The predicted octanol–water partition coefficient (Wildman–Crippen LogP) is 1.71. The van der Waals surface area contributed by atoms with Crippen LogP contribution < -0.4 is 0 Å². The Morgan fingerprint density at radius 3 is 1.39 bits per heavy atom. The van der Waals surface area contributed by atoms with Crippen molar-refractivity contribution in [2.45, 2.75) is 57.6 Å². The van der Waals surface area contributed by atoms with E-state index in [9.17, 15) is 63.4 Å². The topological polar surface area (TPSA) is 471 Å². The summed E-state index contributed by atoms with van der Waals surface area (Å²) in [6.45, 7) is 2.51. The maximum absolute atomic E-state index is 12.1. The first-order chi connectivity index (χ1) is 38.3. The number of aryl methyl sites for hydroxylation is 2. The molecule has 0 spiro atoms. The van der Waals surface area contributed by atoms with E-state index in [1.165, 1.54) is 106 Å². The van der Waals surface area contributed by atoms with Gasteiger partial charge in [0.15, 0.2) is 0 Å². The standard InChI is InChI=1S/C15H16N6O5S.C8H9FN6O2.C8H10N6O3.C6H5N3O2.C3H3N3O2/c1-12-2-4-14(5-3-12)27(24,25)26-9-8-20-11-13(17-18-20)10-19-7-6-16-15(19)21(22)23;9-1-3-14-6-7(11-12-14)5-13-4-2-10-8(13)15(16)17;15-4-3-13-6-7(10-11-13)5-12-2-1-9-8(12)14(16)17;1-2-4-8-5-3-7-6(8)9(10)11;7-6(8)3-4-1-2-5-3/h2-7,11H,8-10H2,1H3;2,4,6H,1,3,5H2;1-2,6,15H,3-5H2;1,3,5H,4H2;1-2H,(H,4,5). The second kappa shape index (κ2) is 29.4. The van der Waals surface area contributed by atoms with Gasteiger partial charge in [0.25, 0.3) is 10.1 Å². The number of alkyl halides is 1. The van der Waals surface area contributed by atoms with E-state index >= 15 is 0 Å². The third-order valence-electron chi connectivity index (χ3n) is 9.61. The number of hydrogen-bond donors (Lipinski definition) is 2. The number of hydrogen-bond acceptors (Lipinski definition) is 25. The molecule has 0 amide bonds. The van der Waals surface area contributed by atoms with Crippen molar-refractivity contribution in [2.24, 2.45) is 0 Å². The van der Waals surface area contributed by atoms with Gasteiger partial charge in [0, 0.05) is 0 Å². The molecule has 0 fully saturated rings. The number of nitrogens with one attached hydrogen (secondary N) is 1. The highest BCUT2D eigenvalue weighted by Crippen LogP contribution is 2.15. The summed E-state index contributed by atoms with van der Waals surface area (Å²) in [5, 5.41) is 83.6. The van der Waals surface area contributed by atoms with Gasteiger partial charge in [0.2, 0.25) is 0 Å². The van der Waals surface area contributed by atoms with E-state index in [4.69, 9.17) is 15.7 Å². The third kappa shape index (κ3) is 18.1. The number of aromatic amines is 1. The zero-order valence-electron chi connectivity index (χ0n) is 41.3. The van der Waals surface area contributed by atoms with Crippen molar-refractivity contribution in [3.63, 3.8) is 0 Å². The number of halogens is 1. The molecule has 8 aromatic heterocycles. The van der Waals surface area contributed by atoms with Crippen LogP contribution in [0, 0.1) is 69.8 Å². The lowest BCUT2D eigenvalue weighted by Crippen LogP contribution is -2.12. The average Bonchev–Trinajstić information content (AvgIpc) is 4.27. The van der Waals surface area contributed by atoms with Gasteiger partial charge in [-0.1, -0.05) is 64.2 Å². The minimum absolute atomic E-state index is 0.0337. The quantitative estimate of drug-likeness (QED) is 0.0447. The molecule has 0 aliphatic rings. The second-order valence-corrected chi connectivity index (χ2v) is 16.9. The second-order valence-electron chi connectivity index (χ2n) is 15.2. The highest BCUT2D eigenvalue weighted by atomic mass is 32.2. The maximum Gasteiger partial charge on any atom is 0.435 e. The number of rotatable bonds is 21. The number of H-pyrrole nitrogens is 1. The molecule has 2 N–H and O–H groups in total. The number of aromatic nitrogens is 19. The summed E-state index contributed by atoms with van der Waals surface area (Å²) in [6, 6.07) is 6.34. The van der Waals surface area contributed by atoms with Crippen molar-refractivity contribution in [3.05, 3.63) is 178 Å². The van der Waals surface area contributed by atoms with Crippen LogP contribution in [0.15, 0.2) is 110 Å². The van der Waals surface area contributed by atoms with Crippen molar-refractivity contribution in [1.29, 1.82) is 0 Å². The van der Waals surface area contributed by atoms with Gasteiger partial charge in [-0.15, -0.1) is 21.7 Å². The van der Waals surface area contributed by atoms with Crippen molar-refractivity contribution >= 4 is 39.9 Å². The molecule has 1 aromatic carbocycles. The van der Waals surface area contributed by atoms with Crippen LogP contribution in [0.25, 0.3) is 0 Å². The lowest BCUT2D eigenvalue weighted by molar-refractivity contribution is -0.396. The highest BCUT2D eigenvalue weighted by molar-refractivity contribution is 7.86. The number of imidazole rings is 5. The number of aliphatic hydroxyl groups excluding tert-OH is 1. The monoisotopic (exact) mass is 1130 g/mol. The SMILES string of the molecule is C#CCn1ccnc1[N+](=O)[O-].Cc1ccc(S(=O)(=O)OCCn2cc(Cn3ccnc3[N+](=O)[O-])nn2)cc1.O=[N+]([O-])c1ncc[nH]1.O=[N+]([O-])c1nccn1Cc1cn(CCF)nn1.O=[N+]([O-])c1nccn1Cc1cn(CCO)nn1. The molecule has 80 heavy (non-hydrogen) atoms. The van der Waals surface area contributed by atoms with Crippen LogP contribution in [-0.4, -0.2) is 151 Å². The van der Waals surface area contributed by atoms with E-state index in [1.807, 2.05) is 6.92 Å². The Kier molecular flexibility index (Phi) is 22.0. The van der Waals surface area contributed by atoms with Crippen molar-refractivity contribution < 1.29 is 46.7 Å². The van der Waals surface area contributed by atoms with Gasteiger partial charge in [0.05, 0.1) is 62.5 Å². The Hall–Kier alpha value is -10.9. The van der Waals surface area contributed by atoms with Crippen LogP contribution in [0.5, 0.6) is 0 Å². The Morgan fingerprint density at radius 2 is 1.02 bits per heavy atom. The molecule has 0 atom stereocenters. The zero-order chi connectivity index (χ0) is 58.2. The summed E-state index contributed by atoms with van der Waals surface area (Å²) in [6.07, 6.45) is 23.7. The predicted molar refractivity (Wildman–Crippen MR) is 264 cm³/mol. The molecule has 0 saturated carbocycles. The Morgan fingerprint density at radius 1 is 0.613 bits per heavy atom. The molecule has 38 nitrogen and oxygen atoms in total. The van der Waals surface area contributed by atoms with Crippen LogP contribution in [0.2, 0.25) is 0 Å². The molecule has 420 valence electrons. The Bertz CT molecular complexity index is 3500. The summed E-state index contributed by atoms with van der Waals surface area (Å²) in [7, 11) is -3.85. The summed E-state index contributed by atoms with van der Waals surface area (Å²) in [5.41, 5.74) is 2.50.